The Morgan fingerprint density at radius 3 is 2.37 bits per heavy atom. The average molecular weight is 343 g/mol. The highest BCUT2D eigenvalue weighted by atomic mass is 15.0. The third-order valence-corrected chi connectivity index (χ3v) is 6.41. The molecule has 0 amide bonds. The second-order valence-corrected chi connectivity index (χ2v) is 7.78. The van der Waals surface area contributed by atoms with Crippen molar-refractivity contribution >= 4 is 21.8 Å². The van der Waals surface area contributed by atoms with Crippen LogP contribution in [0.1, 0.15) is 22.3 Å². The topological polar surface area (TPSA) is 4.93 Å². The predicted molar refractivity (Wildman–Crippen MR) is 112 cm³/mol. The number of nitrogens with zero attached hydrogens (tertiary/aromatic N) is 1. The smallest absolute Gasteiger partial charge is 0.0582 e. The molecule has 1 nitrogen and oxygen atoms in total. The second kappa shape index (κ2) is 4.69. The van der Waals surface area contributed by atoms with Gasteiger partial charge in [-0.3, -0.25) is 0 Å². The highest BCUT2D eigenvalue weighted by molar-refractivity contribution is 6.13. The Morgan fingerprint density at radius 1 is 0.630 bits per heavy atom. The third-order valence-electron chi connectivity index (χ3n) is 6.41. The van der Waals surface area contributed by atoms with Crippen LogP contribution in [-0.2, 0) is 12.8 Å². The summed E-state index contributed by atoms with van der Waals surface area (Å²) >= 11 is 0. The van der Waals surface area contributed by atoms with Gasteiger partial charge in [0.25, 0.3) is 0 Å². The maximum Gasteiger partial charge on any atom is 0.0582 e. The van der Waals surface area contributed by atoms with E-state index < -0.39 is 0 Å². The fourth-order valence-electron chi connectivity index (χ4n) is 5.36. The van der Waals surface area contributed by atoms with E-state index >= 15 is 0 Å². The van der Waals surface area contributed by atoms with Gasteiger partial charge in [-0.2, -0.15) is 0 Å². The van der Waals surface area contributed by atoms with E-state index in [1.165, 1.54) is 60.9 Å². The number of para-hydroxylation sites is 2. The Labute approximate surface area is 157 Å². The molecule has 0 unspecified atom stereocenters. The van der Waals surface area contributed by atoms with E-state index in [0.29, 0.717) is 0 Å². The van der Waals surface area contributed by atoms with Crippen molar-refractivity contribution in [1.82, 2.24) is 4.57 Å². The van der Waals surface area contributed by atoms with Crippen molar-refractivity contribution in [1.29, 1.82) is 0 Å². The molecular formula is C26H17N. The monoisotopic (exact) mass is 343 g/mol. The molecule has 0 bridgehead atoms. The fraction of sp³-hybridized carbons (Fsp3) is 0.0769. The summed E-state index contributed by atoms with van der Waals surface area (Å²) in [5, 5.41) is 2.77. The lowest BCUT2D eigenvalue weighted by Gasteiger charge is -2.23. The molecule has 0 atom stereocenters. The molecule has 0 N–H and O–H groups in total. The first-order valence-corrected chi connectivity index (χ1v) is 9.64. The van der Waals surface area contributed by atoms with Crippen molar-refractivity contribution in [2.75, 3.05) is 0 Å². The molecule has 1 aromatic heterocycles. The average Bonchev–Trinajstić information content (AvgIpc) is 3.25. The molecule has 126 valence electrons. The van der Waals surface area contributed by atoms with Crippen molar-refractivity contribution in [2.24, 2.45) is 0 Å². The minimum absolute atomic E-state index is 1.01. The minimum atomic E-state index is 1.01. The van der Waals surface area contributed by atoms with Crippen LogP contribution in [0.15, 0.2) is 78.9 Å². The zero-order chi connectivity index (χ0) is 17.5. The van der Waals surface area contributed by atoms with Crippen LogP contribution in [0, 0.1) is 0 Å². The number of aromatic nitrogens is 1. The van der Waals surface area contributed by atoms with E-state index in [2.05, 4.69) is 83.4 Å². The van der Waals surface area contributed by atoms with Gasteiger partial charge in [0.2, 0.25) is 0 Å². The first-order chi connectivity index (χ1) is 13.4. The summed E-state index contributed by atoms with van der Waals surface area (Å²) in [7, 11) is 0. The van der Waals surface area contributed by atoms with Crippen molar-refractivity contribution in [3.63, 3.8) is 0 Å². The second-order valence-electron chi connectivity index (χ2n) is 7.78. The molecule has 0 fully saturated rings. The molecule has 2 heterocycles. The van der Waals surface area contributed by atoms with Crippen LogP contribution >= 0.6 is 0 Å². The van der Waals surface area contributed by atoms with Gasteiger partial charge in [-0.15, -0.1) is 0 Å². The van der Waals surface area contributed by atoms with Crippen LogP contribution in [0.3, 0.4) is 0 Å². The van der Waals surface area contributed by atoms with Crippen molar-refractivity contribution < 1.29 is 0 Å². The molecule has 0 saturated carbocycles. The SMILES string of the molecule is c1ccc2c(c1)Cc1cc3c4ccccc4n4c3c(c1-2)Cc1ccccc1-4. The van der Waals surface area contributed by atoms with Gasteiger partial charge in [0, 0.05) is 22.9 Å². The number of hydrogen-bond acceptors (Lipinski definition) is 0. The molecule has 7 rings (SSSR count). The molecule has 0 spiro atoms. The van der Waals surface area contributed by atoms with Crippen LogP contribution in [0.4, 0.5) is 0 Å². The lowest BCUT2D eigenvalue weighted by atomic mass is 9.89. The Kier molecular flexibility index (Phi) is 2.40. The van der Waals surface area contributed by atoms with E-state index in [1.54, 1.807) is 0 Å². The maximum absolute atomic E-state index is 2.50. The molecule has 5 aromatic rings. The van der Waals surface area contributed by atoms with Gasteiger partial charge in [0.05, 0.1) is 11.0 Å². The normalized spacial score (nSPS) is 13.6. The highest BCUT2D eigenvalue weighted by Crippen LogP contribution is 2.48. The van der Waals surface area contributed by atoms with E-state index in [4.69, 9.17) is 0 Å². The number of rotatable bonds is 0. The van der Waals surface area contributed by atoms with Gasteiger partial charge in [-0.05, 0) is 58.0 Å². The van der Waals surface area contributed by atoms with E-state index in [1.807, 2.05) is 0 Å². The molecular weight excluding hydrogens is 326 g/mol. The largest absolute Gasteiger partial charge is 0.309 e. The number of benzene rings is 4. The summed E-state index contributed by atoms with van der Waals surface area (Å²) in [4.78, 5) is 0. The summed E-state index contributed by atoms with van der Waals surface area (Å²) < 4.78 is 2.50. The van der Waals surface area contributed by atoms with E-state index in [0.717, 1.165) is 12.8 Å². The molecule has 0 radical (unpaired) electrons. The Morgan fingerprint density at radius 2 is 1.41 bits per heavy atom. The molecule has 0 saturated heterocycles. The fourth-order valence-corrected chi connectivity index (χ4v) is 5.36. The van der Waals surface area contributed by atoms with Gasteiger partial charge >= 0.3 is 0 Å². The van der Waals surface area contributed by atoms with E-state index in [9.17, 15) is 0 Å². The molecule has 1 heteroatoms. The van der Waals surface area contributed by atoms with Gasteiger partial charge in [0.15, 0.2) is 0 Å². The first kappa shape index (κ1) is 13.8. The van der Waals surface area contributed by atoms with Crippen molar-refractivity contribution in [3.8, 4) is 16.8 Å². The predicted octanol–water partition coefficient (Wildman–Crippen LogP) is 6.26. The quantitative estimate of drug-likeness (QED) is 0.306. The minimum Gasteiger partial charge on any atom is -0.309 e. The summed E-state index contributed by atoms with van der Waals surface area (Å²) in [5.74, 6) is 0. The first-order valence-electron chi connectivity index (χ1n) is 9.64. The van der Waals surface area contributed by atoms with Gasteiger partial charge in [-0.25, -0.2) is 0 Å². The van der Waals surface area contributed by atoms with Crippen LogP contribution in [0.5, 0.6) is 0 Å². The third kappa shape index (κ3) is 1.61. The van der Waals surface area contributed by atoms with Crippen LogP contribution in [0.25, 0.3) is 38.6 Å². The van der Waals surface area contributed by atoms with Crippen molar-refractivity contribution in [3.05, 3.63) is 101 Å². The Balaban J connectivity index is 1.75. The summed E-state index contributed by atoms with van der Waals surface area (Å²) in [5.41, 5.74) is 12.8. The molecule has 27 heavy (non-hydrogen) atoms. The van der Waals surface area contributed by atoms with Gasteiger partial charge < -0.3 is 4.57 Å². The van der Waals surface area contributed by atoms with Crippen LogP contribution in [-0.4, -0.2) is 4.57 Å². The molecule has 1 aliphatic carbocycles. The lowest BCUT2D eigenvalue weighted by molar-refractivity contribution is 1.04. The zero-order valence-electron chi connectivity index (χ0n) is 14.9. The van der Waals surface area contributed by atoms with Gasteiger partial charge in [0.1, 0.15) is 0 Å². The molecule has 2 aliphatic rings. The maximum atomic E-state index is 2.50. The Bertz CT molecular complexity index is 1420. The number of hydrogen-bond donors (Lipinski definition) is 0. The summed E-state index contributed by atoms with van der Waals surface area (Å²) in [6.45, 7) is 0. The zero-order valence-corrected chi connectivity index (χ0v) is 14.9. The summed E-state index contributed by atoms with van der Waals surface area (Å²) in [6.07, 6.45) is 2.07. The van der Waals surface area contributed by atoms with Crippen molar-refractivity contribution in [2.45, 2.75) is 12.8 Å². The number of fused-ring (bicyclic) bond motifs is 9. The molecule has 4 aromatic carbocycles. The van der Waals surface area contributed by atoms with Crippen LogP contribution < -0.4 is 0 Å². The highest BCUT2D eigenvalue weighted by Gasteiger charge is 2.29. The summed E-state index contributed by atoms with van der Waals surface area (Å²) in [6, 6.07) is 29.1. The standard InChI is InChI=1S/C26H17N/c1-3-9-19-16(7-1)13-18-15-21-20-10-4-6-12-24(20)27-23-11-5-2-8-17(23)14-22(25(18)19)26(21)27/h1-12,15H,13-14H2. The molecule has 1 aliphatic heterocycles. The Hall–Kier alpha value is -3.32. The van der Waals surface area contributed by atoms with Gasteiger partial charge in [-0.1, -0.05) is 60.7 Å². The van der Waals surface area contributed by atoms with Crippen LogP contribution in [0.2, 0.25) is 0 Å². The van der Waals surface area contributed by atoms with E-state index in [-0.39, 0.29) is 0 Å². The lowest BCUT2D eigenvalue weighted by Crippen LogP contribution is -2.09.